The molecular formula is C23H15ClN2O4S2. The number of aromatic nitrogens is 2. The number of hydrogen-bond acceptors (Lipinski definition) is 7. The van der Waals surface area contributed by atoms with Gasteiger partial charge >= 0.3 is 5.97 Å². The Bertz CT molecular complexity index is 1490. The summed E-state index contributed by atoms with van der Waals surface area (Å²) in [4.78, 5) is 31.0. The molecule has 3 aromatic heterocycles. The molecule has 5 aromatic rings. The van der Waals surface area contributed by atoms with Crippen LogP contribution in [-0.4, -0.2) is 15.4 Å². The predicted octanol–water partition coefficient (Wildman–Crippen LogP) is 5.80. The van der Waals surface area contributed by atoms with E-state index in [9.17, 15) is 9.59 Å². The van der Waals surface area contributed by atoms with Crippen molar-refractivity contribution in [3.8, 4) is 0 Å². The minimum Gasteiger partial charge on any atom is -0.453 e. The highest BCUT2D eigenvalue weighted by molar-refractivity contribution is 7.98. The van der Waals surface area contributed by atoms with Gasteiger partial charge in [-0.25, -0.2) is 9.78 Å². The summed E-state index contributed by atoms with van der Waals surface area (Å²) < 4.78 is 12.8. The van der Waals surface area contributed by atoms with Gasteiger partial charge in [-0.3, -0.25) is 9.20 Å². The number of carbonyl (C=O) groups is 1. The Morgan fingerprint density at radius 2 is 2.00 bits per heavy atom. The molecule has 0 bridgehead atoms. The molecule has 6 nitrogen and oxygen atoms in total. The second kappa shape index (κ2) is 8.82. The van der Waals surface area contributed by atoms with E-state index in [1.54, 1.807) is 23.3 Å². The van der Waals surface area contributed by atoms with Gasteiger partial charge in [0.2, 0.25) is 5.76 Å². The van der Waals surface area contributed by atoms with E-state index in [4.69, 9.17) is 20.8 Å². The van der Waals surface area contributed by atoms with Crippen LogP contribution >= 0.6 is 34.7 Å². The number of furan rings is 1. The lowest BCUT2D eigenvalue weighted by molar-refractivity contribution is 0.0432. The van der Waals surface area contributed by atoms with Crippen molar-refractivity contribution >= 4 is 56.6 Å². The summed E-state index contributed by atoms with van der Waals surface area (Å²) in [7, 11) is 0. The molecule has 0 aliphatic carbocycles. The van der Waals surface area contributed by atoms with Crippen LogP contribution in [0.4, 0.5) is 0 Å². The van der Waals surface area contributed by atoms with E-state index in [0.29, 0.717) is 27.0 Å². The third-order valence-electron chi connectivity index (χ3n) is 4.79. The van der Waals surface area contributed by atoms with E-state index >= 15 is 0 Å². The van der Waals surface area contributed by atoms with E-state index in [0.717, 1.165) is 15.8 Å². The molecule has 0 radical (unpaired) electrons. The van der Waals surface area contributed by atoms with Crippen LogP contribution < -0.4 is 5.56 Å². The van der Waals surface area contributed by atoms with Crippen LogP contribution in [0.1, 0.15) is 21.8 Å². The van der Waals surface area contributed by atoms with Crippen molar-refractivity contribution < 1.29 is 13.9 Å². The highest BCUT2D eigenvalue weighted by atomic mass is 35.5. The average molecular weight is 483 g/mol. The first-order chi connectivity index (χ1) is 15.6. The van der Waals surface area contributed by atoms with Crippen molar-refractivity contribution in [1.29, 1.82) is 0 Å². The molecule has 0 aliphatic rings. The number of benzene rings is 2. The molecule has 0 fully saturated rings. The maximum Gasteiger partial charge on any atom is 0.374 e. The number of esters is 1. The van der Waals surface area contributed by atoms with Crippen molar-refractivity contribution in [2.24, 2.45) is 0 Å². The Balaban J connectivity index is 1.39. The molecule has 9 heteroatoms. The van der Waals surface area contributed by atoms with Crippen LogP contribution in [0.15, 0.2) is 80.3 Å². The van der Waals surface area contributed by atoms with Crippen molar-refractivity contribution in [3.63, 3.8) is 0 Å². The van der Waals surface area contributed by atoms with Crippen LogP contribution in [0.25, 0.3) is 15.9 Å². The number of thiazole rings is 1. The van der Waals surface area contributed by atoms with Crippen LogP contribution in [0.2, 0.25) is 5.02 Å². The molecule has 2 aromatic carbocycles. The first kappa shape index (κ1) is 20.8. The minimum atomic E-state index is -0.596. The van der Waals surface area contributed by atoms with Crippen molar-refractivity contribution in [3.05, 3.63) is 98.6 Å². The summed E-state index contributed by atoms with van der Waals surface area (Å²) in [6.07, 6.45) is 1.66. The Hall–Kier alpha value is -3.07. The fraction of sp³-hybridized carbons (Fsp3) is 0.0870. The lowest BCUT2D eigenvalue weighted by atomic mass is 10.1. The fourth-order valence-electron chi connectivity index (χ4n) is 3.26. The molecule has 0 aliphatic heterocycles. The van der Waals surface area contributed by atoms with Crippen LogP contribution in [-0.2, 0) is 17.1 Å². The second-order valence-corrected chi connectivity index (χ2v) is 9.22. The maximum absolute atomic E-state index is 12.9. The molecule has 0 spiro atoms. The molecular weight excluding hydrogens is 468 g/mol. The van der Waals surface area contributed by atoms with Gasteiger partial charge in [-0.05, 0) is 30.3 Å². The lowest BCUT2D eigenvalue weighted by Gasteiger charge is -2.06. The Labute approximate surface area is 195 Å². The first-order valence-corrected chi connectivity index (χ1v) is 11.8. The number of thioether (sulfide) groups is 1. The molecule has 32 heavy (non-hydrogen) atoms. The quantitative estimate of drug-likeness (QED) is 0.225. The molecule has 0 unspecified atom stereocenters. The van der Waals surface area contributed by atoms with Crippen LogP contribution in [0, 0.1) is 0 Å². The molecule has 0 amide bonds. The Morgan fingerprint density at radius 1 is 1.19 bits per heavy atom. The Morgan fingerprint density at radius 3 is 2.84 bits per heavy atom. The molecule has 3 heterocycles. The highest BCUT2D eigenvalue weighted by Crippen LogP contribution is 2.33. The summed E-state index contributed by atoms with van der Waals surface area (Å²) in [6.45, 7) is -0.122. The fourth-order valence-corrected chi connectivity index (χ4v) is 5.05. The number of para-hydroxylation sites is 1. The second-order valence-electron chi connectivity index (χ2n) is 6.87. The monoisotopic (exact) mass is 482 g/mol. The van der Waals surface area contributed by atoms with Gasteiger partial charge in [0, 0.05) is 44.3 Å². The van der Waals surface area contributed by atoms with Gasteiger partial charge in [-0.1, -0.05) is 29.8 Å². The SMILES string of the molecule is O=C(OCc1cc(=O)n2ccsc2n1)c1oc2ccccc2c1CSc1ccc(Cl)cc1. The summed E-state index contributed by atoms with van der Waals surface area (Å²) >= 11 is 8.88. The van der Waals surface area contributed by atoms with E-state index in [2.05, 4.69) is 4.98 Å². The molecule has 160 valence electrons. The number of rotatable bonds is 6. The summed E-state index contributed by atoms with van der Waals surface area (Å²) in [5.41, 5.74) is 1.54. The average Bonchev–Trinajstić information content (AvgIpc) is 3.42. The predicted molar refractivity (Wildman–Crippen MR) is 126 cm³/mol. The normalized spacial score (nSPS) is 11.3. The highest BCUT2D eigenvalue weighted by Gasteiger charge is 2.22. The van der Waals surface area contributed by atoms with Gasteiger partial charge in [0.25, 0.3) is 5.56 Å². The van der Waals surface area contributed by atoms with E-state index in [1.165, 1.54) is 21.8 Å². The molecule has 0 N–H and O–H groups in total. The van der Waals surface area contributed by atoms with Crippen molar-refractivity contribution in [1.82, 2.24) is 9.38 Å². The standard InChI is InChI=1S/C23H15ClN2O4S2/c24-14-5-7-16(8-6-14)32-13-18-17-3-1-2-4-19(17)30-21(18)22(28)29-12-15-11-20(27)26-9-10-31-23(26)25-15/h1-11H,12-13H2. The van der Waals surface area contributed by atoms with Gasteiger partial charge < -0.3 is 9.15 Å². The summed E-state index contributed by atoms with van der Waals surface area (Å²) in [5.74, 6) is 0.0757. The van der Waals surface area contributed by atoms with Crippen LogP contribution in [0.5, 0.6) is 0 Å². The zero-order valence-corrected chi connectivity index (χ0v) is 18.9. The number of fused-ring (bicyclic) bond motifs is 2. The van der Waals surface area contributed by atoms with Gasteiger partial charge in [0.15, 0.2) is 4.96 Å². The molecule has 5 rings (SSSR count). The van der Waals surface area contributed by atoms with Crippen LogP contribution in [0.3, 0.4) is 0 Å². The van der Waals surface area contributed by atoms with E-state index in [1.807, 2.05) is 48.5 Å². The number of ether oxygens (including phenoxy) is 1. The lowest BCUT2D eigenvalue weighted by Crippen LogP contribution is -2.15. The minimum absolute atomic E-state index is 0.122. The van der Waals surface area contributed by atoms with E-state index in [-0.39, 0.29) is 17.9 Å². The number of hydrogen-bond donors (Lipinski definition) is 0. The van der Waals surface area contributed by atoms with E-state index < -0.39 is 5.97 Å². The maximum atomic E-state index is 12.9. The first-order valence-electron chi connectivity index (χ1n) is 9.60. The third-order valence-corrected chi connectivity index (χ3v) is 6.83. The van der Waals surface area contributed by atoms with Gasteiger partial charge in [0.05, 0.1) is 5.69 Å². The summed E-state index contributed by atoms with van der Waals surface area (Å²) in [6, 6.07) is 16.4. The molecule has 0 atom stereocenters. The smallest absolute Gasteiger partial charge is 0.374 e. The molecule has 0 saturated heterocycles. The van der Waals surface area contributed by atoms with Gasteiger partial charge in [-0.15, -0.1) is 23.1 Å². The summed E-state index contributed by atoms with van der Waals surface area (Å²) in [5, 5.41) is 3.30. The number of halogens is 1. The number of nitrogens with zero attached hydrogens (tertiary/aromatic N) is 2. The van der Waals surface area contributed by atoms with Crippen molar-refractivity contribution in [2.75, 3.05) is 0 Å². The van der Waals surface area contributed by atoms with Gasteiger partial charge in [-0.2, -0.15) is 0 Å². The third kappa shape index (κ3) is 4.17. The zero-order valence-electron chi connectivity index (χ0n) is 16.5. The number of carbonyl (C=O) groups excluding carboxylic acids is 1. The van der Waals surface area contributed by atoms with Crippen molar-refractivity contribution in [2.45, 2.75) is 17.3 Å². The van der Waals surface area contributed by atoms with Gasteiger partial charge in [0.1, 0.15) is 12.2 Å². The Kier molecular flexibility index (Phi) is 5.73. The zero-order chi connectivity index (χ0) is 22.1. The largest absolute Gasteiger partial charge is 0.453 e. The topological polar surface area (TPSA) is 73.8 Å². The molecule has 0 saturated carbocycles.